The van der Waals surface area contributed by atoms with Gasteiger partial charge in [0, 0.05) is 0 Å². The van der Waals surface area contributed by atoms with E-state index in [1.807, 2.05) is 13.8 Å². The van der Waals surface area contributed by atoms with E-state index in [2.05, 4.69) is 26.0 Å². The van der Waals surface area contributed by atoms with Gasteiger partial charge in [0.25, 0.3) is 0 Å². The zero-order chi connectivity index (χ0) is 25.1. The van der Waals surface area contributed by atoms with E-state index >= 15 is 0 Å². The van der Waals surface area contributed by atoms with Gasteiger partial charge in [0.2, 0.25) is 0 Å². The summed E-state index contributed by atoms with van der Waals surface area (Å²) < 4.78 is 5.68. The third kappa shape index (κ3) is 6.34. The summed E-state index contributed by atoms with van der Waals surface area (Å²) in [4.78, 5) is 0. The van der Waals surface area contributed by atoms with Crippen LogP contribution in [0.2, 0.25) is 0 Å². The lowest BCUT2D eigenvalue weighted by Crippen LogP contribution is -2.54. The van der Waals surface area contributed by atoms with E-state index in [1.54, 1.807) is 12.5 Å². The van der Waals surface area contributed by atoms with Crippen LogP contribution in [0.5, 0.6) is 0 Å². The molecule has 0 spiro atoms. The van der Waals surface area contributed by atoms with Gasteiger partial charge in [-0.2, -0.15) is 0 Å². The third-order valence-electron chi connectivity index (χ3n) is 9.35. The van der Waals surface area contributed by atoms with Gasteiger partial charge in [-0.15, -0.1) is 0 Å². The molecule has 0 heterocycles. The Morgan fingerprint density at radius 1 is 1.18 bits per heavy atom. The van der Waals surface area contributed by atoms with E-state index in [-0.39, 0.29) is 13.2 Å². The largest absolute Gasteiger partial charge is 0.394 e. The summed E-state index contributed by atoms with van der Waals surface area (Å²) >= 11 is 0. The van der Waals surface area contributed by atoms with Crippen LogP contribution in [0.1, 0.15) is 98.8 Å². The Hall–Kier alpha value is -0.720. The summed E-state index contributed by atoms with van der Waals surface area (Å²) in [6.07, 6.45) is 13.5. The van der Waals surface area contributed by atoms with Crippen molar-refractivity contribution in [2.24, 2.45) is 23.2 Å². The molecule has 5 nitrogen and oxygen atoms in total. The second-order valence-electron chi connectivity index (χ2n) is 12.6. The van der Waals surface area contributed by atoms with Crippen LogP contribution >= 0.6 is 0 Å². The van der Waals surface area contributed by atoms with Gasteiger partial charge in [0.05, 0.1) is 31.0 Å². The molecular weight excluding hydrogens is 428 g/mol. The summed E-state index contributed by atoms with van der Waals surface area (Å²) in [6.45, 7) is 10.5. The molecule has 5 heteroatoms. The molecule has 196 valence electrons. The Morgan fingerprint density at radius 3 is 2.59 bits per heavy atom. The molecule has 3 rings (SSSR count). The molecule has 0 radical (unpaired) electrons. The van der Waals surface area contributed by atoms with E-state index in [1.165, 1.54) is 32.1 Å². The molecule has 0 aromatic heterocycles. The minimum atomic E-state index is -1.30. The lowest BCUT2D eigenvalue weighted by atomic mass is 9.60. The lowest BCUT2D eigenvalue weighted by Gasteiger charge is -2.44. The number of aliphatic hydroxyl groups is 4. The third-order valence-corrected chi connectivity index (χ3v) is 9.35. The summed E-state index contributed by atoms with van der Waals surface area (Å²) in [7, 11) is 0. The van der Waals surface area contributed by atoms with Gasteiger partial charge in [-0.3, -0.25) is 0 Å². The van der Waals surface area contributed by atoms with E-state index in [4.69, 9.17) is 9.84 Å². The molecule has 0 unspecified atom stereocenters. The van der Waals surface area contributed by atoms with Gasteiger partial charge < -0.3 is 25.2 Å². The van der Waals surface area contributed by atoms with Crippen molar-refractivity contribution >= 4 is 0 Å². The molecular formula is C29H50O5. The van der Waals surface area contributed by atoms with Crippen molar-refractivity contribution in [2.75, 3.05) is 13.2 Å². The first-order valence-corrected chi connectivity index (χ1v) is 13.6. The Morgan fingerprint density at radius 2 is 1.91 bits per heavy atom. The number of rotatable bonds is 9. The second kappa shape index (κ2) is 11.1. The fraction of sp³-hybridized carbons (Fsp3) is 0.862. The molecule has 0 aliphatic heterocycles. The van der Waals surface area contributed by atoms with Crippen LogP contribution < -0.4 is 0 Å². The maximum atomic E-state index is 10.7. The molecule has 3 fully saturated rings. The first-order chi connectivity index (χ1) is 15.9. The first kappa shape index (κ1) is 27.9. The molecule has 3 saturated carbocycles. The van der Waals surface area contributed by atoms with Crippen LogP contribution in [-0.2, 0) is 4.74 Å². The highest BCUT2D eigenvalue weighted by molar-refractivity contribution is 5.27. The van der Waals surface area contributed by atoms with Crippen molar-refractivity contribution in [1.82, 2.24) is 0 Å². The molecule has 3 aliphatic rings. The molecule has 0 aromatic rings. The van der Waals surface area contributed by atoms with E-state index in [0.717, 1.165) is 30.8 Å². The summed E-state index contributed by atoms with van der Waals surface area (Å²) in [5, 5.41) is 40.4. The summed E-state index contributed by atoms with van der Waals surface area (Å²) in [6, 6.07) is 0. The van der Waals surface area contributed by atoms with Gasteiger partial charge >= 0.3 is 0 Å². The van der Waals surface area contributed by atoms with Gasteiger partial charge in [0.15, 0.2) is 0 Å². The number of hydrogen-bond acceptors (Lipinski definition) is 5. The highest BCUT2D eigenvalue weighted by Crippen LogP contribution is 2.60. The Balaban J connectivity index is 1.69. The first-order valence-electron chi connectivity index (χ1n) is 13.6. The van der Waals surface area contributed by atoms with E-state index < -0.39 is 23.4 Å². The second-order valence-corrected chi connectivity index (χ2v) is 12.6. The zero-order valence-electron chi connectivity index (χ0n) is 22.2. The molecule has 7 atom stereocenters. The molecule has 34 heavy (non-hydrogen) atoms. The zero-order valence-corrected chi connectivity index (χ0v) is 22.2. The smallest absolute Gasteiger partial charge is 0.114 e. The molecule has 0 saturated heterocycles. The average Bonchev–Trinajstić information content (AvgIpc) is 3.10. The normalized spacial score (nSPS) is 40.0. The van der Waals surface area contributed by atoms with Crippen molar-refractivity contribution in [3.63, 3.8) is 0 Å². The van der Waals surface area contributed by atoms with Crippen LogP contribution in [0.25, 0.3) is 0 Å². The van der Waals surface area contributed by atoms with Crippen LogP contribution in [0.4, 0.5) is 0 Å². The molecule has 4 N–H and O–H groups in total. The van der Waals surface area contributed by atoms with Crippen molar-refractivity contribution in [2.45, 2.75) is 122 Å². The van der Waals surface area contributed by atoms with Crippen LogP contribution in [0.3, 0.4) is 0 Å². The number of ether oxygens (including phenoxy) is 1. The fourth-order valence-corrected chi connectivity index (χ4v) is 7.25. The fourth-order valence-electron chi connectivity index (χ4n) is 7.25. The maximum Gasteiger partial charge on any atom is 0.114 e. The summed E-state index contributed by atoms with van der Waals surface area (Å²) in [5.74, 6) is 2.03. The van der Waals surface area contributed by atoms with Gasteiger partial charge in [0.1, 0.15) is 5.60 Å². The predicted octanol–water partition coefficient (Wildman–Crippen LogP) is 4.92. The molecule has 0 bridgehead atoms. The van der Waals surface area contributed by atoms with Gasteiger partial charge in [-0.25, -0.2) is 0 Å². The maximum absolute atomic E-state index is 10.7. The van der Waals surface area contributed by atoms with Crippen molar-refractivity contribution in [1.29, 1.82) is 0 Å². The lowest BCUT2D eigenvalue weighted by molar-refractivity contribution is -0.168. The standard InChI is InChI=1S/C29H50O5/c1-20(8-6-14-27(2,3)32)23-12-13-24-22(9-7-15-28(23,24)4)11-10-21-18-25(31)29(5,33)26(19-21)34-17-16-30/h10-11,20,23-26,30-33H,6-9,12-19H2,1-5H3/b21-10-,22-11+/t20-,23-,24+,25-,26-,28-,29-/m1/s1. The van der Waals surface area contributed by atoms with Crippen LogP contribution in [0.15, 0.2) is 23.3 Å². The van der Waals surface area contributed by atoms with Crippen molar-refractivity contribution < 1.29 is 25.2 Å². The predicted molar refractivity (Wildman–Crippen MR) is 136 cm³/mol. The van der Waals surface area contributed by atoms with Gasteiger partial charge in [-0.05, 0) is 95.3 Å². The Labute approximate surface area is 207 Å². The molecule has 3 aliphatic carbocycles. The Bertz CT molecular complexity index is 733. The van der Waals surface area contributed by atoms with Gasteiger partial charge in [-0.1, -0.05) is 50.0 Å². The highest BCUT2D eigenvalue weighted by atomic mass is 16.5. The minimum Gasteiger partial charge on any atom is -0.394 e. The number of hydrogen-bond donors (Lipinski definition) is 4. The van der Waals surface area contributed by atoms with E-state index in [0.29, 0.717) is 30.1 Å². The quantitative estimate of drug-likeness (QED) is 0.378. The number of aliphatic hydroxyl groups excluding tert-OH is 2. The van der Waals surface area contributed by atoms with Crippen molar-refractivity contribution in [3.05, 3.63) is 23.3 Å². The number of allylic oxidation sites excluding steroid dienone is 3. The topological polar surface area (TPSA) is 90.2 Å². The SMILES string of the molecule is C[C@H](CCCC(C)(C)O)[C@H]1CC[C@H]2/C(=C/C=C3/C[C@@H](O)[C@@](C)(O)[C@H](OCCO)C3)CCC[C@]12C. The molecule has 0 aromatic carbocycles. The van der Waals surface area contributed by atoms with E-state index in [9.17, 15) is 15.3 Å². The monoisotopic (exact) mass is 478 g/mol. The Kier molecular flexibility index (Phi) is 9.12. The summed E-state index contributed by atoms with van der Waals surface area (Å²) in [5.41, 5.74) is 1.13. The van der Waals surface area contributed by atoms with Crippen LogP contribution in [-0.4, -0.2) is 57.0 Å². The minimum absolute atomic E-state index is 0.0939. The molecule has 0 amide bonds. The van der Waals surface area contributed by atoms with Crippen LogP contribution in [0, 0.1) is 23.2 Å². The van der Waals surface area contributed by atoms with Crippen molar-refractivity contribution in [3.8, 4) is 0 Å². The highest BCUT2D eigenvalue weighted by Gasteiger charge is 2.50. The average molecular weight is 479 g/mol. The number of fused-ring (bicyclic) bond motifs is 1.